The summed E-state index contributed by atoms with van der Waals surface area (Å²) in [5.41, 5.74) is 0.129. The molecular formula is C20H30O8S. The third-order valence-electron chi connectivity index (χ3n) is 7.43. The van der Waals surface area contributed by atoms with Gasteiger partial charge in [0.25, 0.3) is 0 Å². The maximum absolute atomic E-state index is 11.8. The molecule has 0 radical (unpaired) electrons. The molecule has 9 heteroatoms. The summed E-state index contributed by atoms with van der Waals surface area (Å²) in [6.07, 6.45) is 2.87. The average molecular weight is 431 g/mol. The van der Waals surface area contributed by atoms with Crippen LogP contribution < -0.4 is 0 Å². The molecule has 3 N–H and O–H groups in total. The van der Waals surface area contributed by atoms with Gasteiger partial charge in [0, 0.05) is 5.41 Å². The molecule has 8 nitrogen and oxygen atoms in total. The van der Waals surface area contributed by atoms with Gasteiger partial charge in [0.15, 0.2) is 0 Å². The zero-order valence-electron chi connectivity index (χ0n) is 16.8. The van der Waals surface area contributed by atoms with Crippen molar-refractivity contribution >= 4 is 16.4 Å². The highest BCUT2D eigenvalue weighted by Gasteiger charge is 2.58. The minimum Gasteiger partial charge on any atom is -0.459 e. The summed E-state index contributed by atoms with van der Waals surface area (Å²) >= 11 is 0. The zero-order valence-corrected chi connectivity index (χ0v) is 17.7. The van der Waals surface area contributed by atoms with Crippen LogP contribution in [0.3, 0.4) is 0 Å². The number of carbonyl (C=O) groups is 1. The fourth-order valence-corrected chi connectivity index (χ4v) is 6.46. The molecule has 0 aromatic carbocycles. The minimum atomic E-state index is -4.64. The quantitative estimate of drug-likeness (QED) is 0.260. The smallest absolute Gasteiger partial charge is 0.397 e. The van der Waals surface area contributed by atoms with Crippen molar-refractivity contribution in [1.29, 1.82) is 0 Å². The Kier molecular flexibility index (Phi) is 6.01. The fourth-order valence-electron chi connectivity index (χ4n) is 5.85. The Morgan fingerprint density at radius 3 is 2.59 bits per heavy atom. The Morgan fingerprint density at radius 2 is 2.03 bits per heavy atom. The molecule has 6 atom stereocenters. The van der Waals surface area contributed by atoms with E-state index in [2.05, 4.69) is 13.5 Å². The lowest BCUT2D eigenvalue weighted by atomic mass is 9.46. The van der Waals surface area contributed by atoms with Crippen LogP contribution in [0.25, 0.3) is 0 Å². The molecule has 0 aromatic rings. The number of cyclic esters (lactones) is 1. The summed E-state index contributed by atoms with van der Waals surface area (Å²) < 4.78 is 41.7. The summed E-state index contributed by atoms with van der Waals surface area (Å²) in [5.74, 6) is -0.590. The Morgan fingerprint density at radius 1 is 1.34 bits per heavy atom. The number of allylic oxidation sites excluding steroid dienone is 2. The van der Waals surface area contributed by atoms with Gasteiger partial charge in [-0.25, -0.2) is 8.98 Å². The fraction of sp³-hybridized carbons (Fsp3) is 0.750. The molecule has 3 aliphatic rings. The number of hydrogen-bond donors (Lipinski definition) is 3. The van der Waals surface area contributed by atoms with Gasteiger partial charge in [0.05, 0.1) is 18.3 Å². The van der Waals surface area contributed by atoms with Gasteiger partial charge in [-0.2, -0.15) is 8.42 Å². The molecule has 1 unspecified atom stereocenters. The summed E-state index contributed by atoms with van der Waals surface area (Å²) in [5, 5.41) is 20.2. The van der Waals surface area contributed by atoms with Crippen LogP contribution in [0.1, 0.15) is 46.0 Å². The van der Waals surface area contributed by atoms with Crippen molar-refractivity contribution in [2.75, 3.05) is 13.2 Å². The predicted octanol–water partition coefficient (Wildman–Crippen LogP) is 1.79. The Bertz CT molecular complexity index is 818. The van der Waals surface area contributed by atoms with Crippen LogP contribution in [0.15, 0.2) is 23.8 Å². The van der Waals surface area contributed by atoms with Crippen molar-refractivity contribution in [2.45, 2.75) is 58.2 Å². The topological polar surface area (TPSA) is 130 Å². The lowest BCUT2D eigenvalue weighted by Gasteiger charge is -2.60. The molecule has 164 valence electrons. The first kappa shape index (κ1) is 22.4. The van der Waals surface area contributed by atoms with Gasteiger partial charge < -0.3 is 14.9 Å². The predicted molar refractivity (Wildman–Crippen MR) is 104 cm³/mol. The number of esters is 1. The second kappa shape index (κ2) is 7.77. The molecule has 0 spiro atoms. The van der Waals surface area contributed by atoms with Crippen molar-refractivity contribution in [1.82, 2.24) is 0 Å². The number of fused-ring (bicyclic) bond motifs is 1. The summed E-state index contributed by atoms with van der Waals surface area (Å²) in [6.45, 7) is 7.82. The normalized spacial score (nSPS) is 42.0. The van der Waals surface area contributed by atoms with Crippen molar-refractivity contribution in [3.8, 4) is 0 Å². The third-order valence-corrected chi connectivity index (χ3v) is 7.91. The molecule has 0 bridgehead atoms. The van der Waals surface area contributed by atoms with E-state index < -0.39 is 34.0 Å². The molecular weight excluding hydrogens is 400 g/mol. The summed E-state index contributed by atoms with van der Waals surface area (Å²) in [7, 11) is -4.64. The average Bonchev–Trinajstić information content (AvgIpc) is 2.94. The largest absolute Gasteiger partial charge is 0.459 e. The number of ether oxygens (including phenoxy) is 1. The lowest BCUT2D eigenvalue weighted by molar-refractivity contribution is -0.142. The standard InChI is InChI=1S/C20H30O8S/c1-12-4-7-16-19(2,14(12)6-5-13-15(22)10-27-18(13)23)9-8-17(20(16,3)11-21)28-29(24,25)26/h5,14-17,21-22H,1,4,6-11H2,2-3H3,(H,24,25,26)/b13-5-/t14-,15?,16+,17-,19+,20+/m1/s1. The lowest BCUT2D eigenvalue weighted by Crippen LogP contribution is -2.58. The van der Waals surface area contributed by atoms with Gasteiger partial charge in [-0.1, -0.05) is 32.1 Å². The highest BCUT2D eigenvalue weighted by Crippen LogP contribution is 2.62. The van der Waals surface area contributed by atoms with E-state index in [9.17, 15) is 28.0 Å². The van der Waals surface area contributed by atoms with E-state index in [1.54, 1.807) is 13.0 Å². The van der Waals surface area contributed by atoms with Gasteiger partial charge >= 0.3 is 16.4 Å². The number of aliphatic hydroxyl groups is 2. The van der Waals surface area contributed by atoms with Crippen molar-refractivity contribution in [3.05, 3.63) is 23.8 Å². The summed E-state index contributed by atoms with van der Waals surface area (Å²) in [4.78, 5) is 11.8. The number of rotatable bonds is 5. The maximum Gasteiger partial charge on any atom is 0.397 e. The first-order valence-corrected chi connectivity index (χ1v) is 11.3. The Labute approximate surface area is 171 Å². The van der Waals surface area contributed by atoms with Crippen molar-refractivity contribution in [3.63, 3.8) is 0 Å². The Balaban J connectivity index is 1.91. The molecule has 2 saturated carbocycles. The van der Waals surface area contributed by atoms with Crippen LogP contribution in [0.5, 0.6) is 0 Å². The van der Waals surface area contributed by atoms with Crippen molar-refractivity contribution in [2.24, 2.45) is 22.7 Å². The van der Waals surface area contributed by atoms with E-state index in [1.807, 2.05) is 0 Å². The van der Waals surface area contributed by atoms with Crippen LogP contribution >= 0.6 is 0 Å². The highest BCUT2D eigenvalue weighted by atomic mass is 32.3. The van der Waals surface area contributed by atoms with E-state index >= 15 is 0 Å². The summed E-state index contributed by atoms with van der Waals surface area (Å²) in [6, 6.07) is 0. The molecule has 1 heterocycles. The van der Waals surface area contributed by atoms with E-state index in [1.165, 1.54) is 0 Å². The second-order valence-electron chi connectivity index (χ2n) is 9.03. The van der Waals surface area contributed by atoms with Gasteiger partial charge in [-0.3, -0.25) is 4.55 Å². The number of aliphatic hydroxyl groups excluding tert-OH is 2. The first-order valence-electron chi connectivity index (χ1n) is 9.92. The van der Waals surface area contributed by atoms with Crippen LogP contribution in [0, 0.1) is 22.7 Å². The molecule has 3 fully saturated rings. The van der Waals surface area contributed by atoms with Crippen LogP contribution in [0.4, 0.5) is 0 Å². The van der Waals surface area contributed by atoms with Gasteiger partial charge in [-0.05, 0) is 49.4 Å². The van der Waals surface area contributed by atoms with Gasteiger partial charge in [-0.15, -0.1) is 0 Å². The molecule has 2 aliphatic carbocycles. The van der Waals surface area contributed by atoms with Gasteiger partial charge in [0.1, 0.15) is 12.7 Å². The molecule has 3 rings (SSSR count). The van der Waals surface area contributed by atoms with Crippen LogP contribution in [0.2, 0.25) is 0 Å². The number of hydrogen-bond acceptors (Lipinski definition) is 7. The van der Waals surface area contributed by atoms with E-state index in [-0.39, 0.29) is 36.0 Å². The Hall–Kier alpha value is -1.26. The maximum atomic E-state index is 11.8. The van der Waals surface area contributed by atoms with Crippen LogP contribution in [-0.2, 0) is 24.1 Å². The van der Waals surface area contributed by atoms with Crippen molar-refractivity contribution < 1.29 is 36.9 Å². The number of carbonyl (C=O) groups excluding carboxylic acids is 1. The van der Waals surface area contributed by atoms with E-state index in [0.29, 0.717) is 25.7 Å². The third kappa shape index (κ3) is 4.03. The molecule has 29 heavy (non-hydrogen) atoms. The highest BCUT2D eigenvalue weighted by molar-refractivity contribution is 7.80. The minimum absolute atomic E-state index is 0.00749. The van der Waals surface area contributed by atoms with Gasteiger partial charge in [0.2, 0.25) is 0 Å². The van der Waals surface area contributed by atoms with E-state index in [0.717, 1.165) is 12.0 Å². The zero-order chi connectivity index (χ0) is 21.6. The molecule has 1 aliphatic heterocycles. The molecule has 0 amide bonds. The SMILES string of the molecule is C=C1CC[C@@H]2[C@](C)(CO)[C@H](OS(=O)(=O)O)CC[C@@]2(C)[C@@H]1C/C=C1\C(=O)OCC1O. The first-order chi connectivity index (χ1) is 13.4. The molecule has 1 saturated heterocycles. The second-order valence-corrected chi connectivity index (χ2v) is 10.1. The van der Waals surface area contributed by atoms with E-state index in [4.69, 9.17) is 8.92 Å². The molecule has 0 aromatic heterocycles. The van der Waals surface area contributed by atoms with Crippen LogP contribution in [-0.4, -0.2) is 54.6 Å². The monoisotopic (exact) mass is 430 g/mol.